The van der Waals surface area contributed by atoms with Crippen LogP contribution in [0.15, 0.2) is 35.3 Å². The highest BCUT2D eigenvalue weighted by Gasteiger charge is 2.19. The van der Waals surface area contributed by atoms with E-state index in [-0.39, 0.29) is 17.8 Å². The smallest absolute Gasteiger partial charge is 0.140 e. The maximum Gasteiger partial charge on any atom is 0.140 e. The van der Waals surface area contributed by atoms with Crippen LogP contribution in [-0.4, -0.2) is 24.3 Å². The topological polar surface area (TPSA) is 75.7 Å². The number of carbonyl (C=O) groups excluding carboxylic acids is 1. The van der Waals surface area contributed by atoms with Crippen LogP contribution in [0, 0.1) is 23.1 Å². The quantitative estimate of drug-likeness (QED) is 0.368. The Balaban J connectivity index is 0.00000145. The lowest BCUT2D eigenvalue weighted by Crippen LogP contribution is -2.30. The van der Waals surface area contributed by atoms with Crippen molar-refractivity contribution in [2.75, 3.05) is 6.61 Å². The molecule has 3 aromatic rings. The minimum atomic E-state index is -0.432. The summed E-state index contributed by atoms with van der Waals surface area (Å²) in [5, 5.41) is 11.8. The summed E-state index contributed by atoms with van der Waals surface area (Å²) in [7, 11) is 0. The van der Waals surface area contributed by atoms with Crippen molar-refractivity contribution in [2.45, 2.75) is 33.7 Å². The first-order valence-corrected chi connectivity index (χ1v) is 9.88. The number of thiophene rings is 1. The van der Waals surface area contributed by atoms with Crippen LogP contribution in [0.1, 0.15) is 44.9 Å². The van der Waals surface area contributed by atoms with Crippen LogP contribution in [0.3, 0.4) is 0 Å². The Bertz CT molecular complexity index is 1120. The van der Waals surface area contributed by atoms with E-state index in [9.17, 15) is 9.50 Å². The lowest BCUT2D eigenvalue weighted by atomic mass is 9.95. The molecule has 0 amide bonds. The fraction of sp³-hybridized carbons (Fsp3) is 0.304. The average molecular weight is 413 g/mol. The molecule has 1 unspecified atom stereocenters. The molecular weight excluding hydrogens is 387 g/mol. The van der Waals surface area contributed by atoms with Gasteiger partial charge >= 0.3 is 0 Å². The van der Waals surface area contributed by atoms with Crippen molar-refractivity contribution in [3.8, 4) is 11.8 Å². The molecule has 152 valence electrons. The fourth-order valence-electron chi connectivity index (χ4n) is 2.84. The lowest BCUT2D eigenvalue weighted by Gasteiger charge is -2.20. The first-order valence-electron chi connectivity index (χ1n) is 9.06. The second kappa shape index (κ2) is 9.17. The Hall–Kier alpha value is -2.75. The summed E-state index contributed by atoms with van der Waals surface area (Å²) in [6.45, 7) is 9.52. The minimum Gasteiger partial charge on any atom is -0.394 e. The van der Waals surface area contributed by atoms with Crippen molar-refractivity contribution in [1.29, 1.82) is 0 Å². The number of hydrogen-bond acceptors (Lipinski definition) is 4. The highest BCUT2D eigenvalue weighted by atomic mass is 32.1. The second-order valence-electron chi connectivity index (χ2n) is 7.52. The van der Waals surface area contributed by atoms with Crippen LogP contribution in [-0.2, 0) is 4.79 Å². The van der Waals surface area contributed by atoms with Crippen LogP contribution in [0.5, 0.6) is 0 Å². The van der Waals surface area contributed by atoms with Crippen molar-refractivity contribution >= 4 is 44.1 Å². The number of aliphatic imine (C=N–C) groups is 1. The molecule has 0 radical (unpaired) electrons. The van der Waals surface area contributed by atoms with Crippen LogP contribution >= 0.6 is 11.3 Å². The minimum absolute atomic E-state index is 0.133. The van der Waals surface area contributed by atoms with Gasteiger partial charge in [0.1, 0.15) is 12.6 Å². The van der Waals surface area contributed by atoms with Crippen LogP contribution in [0.25, 0.3) is 20.2 Å². The van der Waals surface area contributed by atoms with E-state index in [1.54, 1.807) is 19.1 Å². The lowest BCUT2D eigenvalue weighted by molar-refractivity contribution is -0.0979. The fourth-order valence-corrected chi connectivity index (χ4v) is 3.93. The van der Waals surface area contributed by atoms with E-state index in [1.165, 1.54) is 11.3 Å². The molecule has 0 spiro atoms. The van der Waals surface area contributed by atoms with Gasteiger partial charge < -0.3 is 15.6 Å². The standard InChI is InChI=1S/C22H23FN2OS.CH2O/c1-5-6-13-9-16-15-10-14(18(12-26)25-21(24)22(2,3)4)7-8-19(15)27-20(16)11-17(13)23;1-2/h7-11,18,26H,12H2,1-4H3,(H2,24,25);1H2. The van der Waals surface area contributed by atoms with E-state index in [0.29, 0.717) is 11.4 Å². The predicted molar refractivity (Wildman–Crippen MR) is 120 cm³/mol. The van der Waals surface area contributed by atoms with Gasteiger partial charge in [-0.25, -0.2) is 4.39 Å². The molecule has 0 saturated heterocycles. The molecule has 1 aromatic heterocycles. The highest BCUT2D eigenvalue weighted by Crippen LogP contribution is 2.37. The number of aliphatic hydroxyl groups is 1. The Morgan fingerprint density at radius 1 is 1.24 bits per heavy atom. The van der Waals surface area contributed by atoms with Crippen molar-refractivity contribution < 1.29 is 14.3 Å². The number of fused-ring (bicyclic) bond motifs is 3. The number of carbonyl (C=O) groups is 1. The maximum atomic E-state index is 14.2. The number of halogens is 1. The Kier molecular flexibility index (Phi) is 7.12. The SMILES string of the molecule is C=O.CC#Cc1cc2c(cc1F)sc1ccc(C(CO)N=C(N)C(C)(C)C)cc12. The molecule has 6 heteroatoms. The molecule has 29 heavy (non-hydrogen) atoms. The molecule has 4 nitrogen and oxygen atoms in total. The normalized spacial score (nSPS) is 12.8. The monoisotopic (exact) mass is 412 g/mol. The maximum absolute atomic E-state index is 14.2. The van der Waals surface area contributed by atoms with E-state index >= 15 is 0 Å². The summed E-state index contributed by atoms with van der Waals surface area (Å²) >= 11 is 1.54. The van der Waals surface area contributed by atoms with Crippen LogP contribution in [0.4, 0.5) is 4.39 Å². The number of hydrogen-bond donors (Lipinski definition) is 2. The van der Waals surface area contributed by atoms with Crippen molar-refractivity contribution in [2.24, 2.45) is 16.1 Å². The summed E-state index contributed by atoms with van der Waals surface area (Å²) < 4.78 is 16.1. The molecular formula is C23H25FN2O2S. The van der Waals surface area contributed by atoms with Gasteiger partial charge in [0.15, 0.2) is 0 Å². The number of amidine groups is 1. The largest absolute Gasteiger partial charge is 0.394 e. The van der Waals surface area contributed by atoms with Crippen LogP contribution < -0.4 is 5.73 Å². The molecule has 0 aliphatic rings. The first-order chi connectivity index (χ1) is 13.7. The molecule has 0 fully saturated rings. The van der Waals surface area contributed by atoms with E-state index in [0.717, 1.165) is 25.7 Å². The highest BCUT2D eigenvalue weighted by molar-refractivity contribution is 7.25. The summed E-state index contributed by atoms with van der Waals surface area (Å²) in [5.41, 5.74) is 7.11. The number of aliphatic hydroxyl groups excluding tert-OH is 1. The molecule has 3 N–H and O–H groups in total. The Morgan fingerprint density at radius 3 is 2.48 bits per heavy atom. The van der Waals surface area contributed by atoms with Gasteiger partial charge in [0.2, 0.25) is 0 Å². The molecule has 0 saturated carbocycles. The molecule has 0 aliphatic heterocycles. The van der Waals surface area contributed by atoms with E-state index in [4.69, 9.17) is 10.5 Å². The van der Waals surface area contributed by atoms with Crippen molar-refractivity contribution in [3.05, 3.63) is 47.3 Å². The molecule has 0 aliphatic carbocycles. The van der Waals surface area contributed by atoms with Gasteiger partial charge in [0.25, 0.3) is 0 Å². The molecule has 2 aromatic carbocycles. The third-order valence-corrected chi connectivity index (χ3v) is 5.60. The van der Waals surface area contributed by atoms with Gasteiger partial charge in [-0.2, -0.15) is 0 Å². The number of benzene rings is 2. The van der Waals surface area contributed by atoms with Gasteiger partial charge in [-0.3, -0.25) is 4.99 Å². The first kappa shape index (κ1) is 22.5. The van der Waals surface area contributed by atoms with Crippen molar-refractivity contribution in [1.82, 2.24) is 0 Å². The number of nitrogens with two attached hydrogens (primary N) is 1. The summed E-state index contributed by atoms with van der Waals surface area (Å²) in [5.74, 6) is 5.76. The summed E-state index contributed by atoms with van der Waals surface area (Å²) in [4.78, 5) is 12.5. The molecule has 1 heterocycles. The summed E-state index contributed by atoms with van der Waals surface area (Å²) in [6, 6.07) is 8.85. The van der Waals surface area contributed by atoms with Crippen LogP contribution in [0.2, 0.25) is 0 Å². The molecule has 1 atom stereocenters. The van der Waals surface area contributed by atoms with E-state index < -0.39 is 6.04 Å². The van der Waals surface area contributed by atoms with E-state index in [1.807, 2.05) is 45.8 Å². The van der Waals surface area contributed by atoms with Gasteiger partial charge in [0.05, 0.1) is 24.0 Å². The Labute approximate surface area is 174 Å². The zero-order chi connectivity index (χ0) is 21.8. The number of rotatable bonds is 3. The third kappa shape index (κ3) is 4.81. The zero-order valence-corrected chi connectivity index (χ0v) is 17.9. The van der Waals surface area contributed by atoms with Gasteiger partial charge in [-0.05, 0) is 36.8 Å². The van der Waals surface area contributed by atoms with Gasteiger partial charge in [-0.1, -0.05) is 32.8 Å². The molecule has 3 rings (SSSR count). The van der Waals surface area contributed by atoms with E-state index in [2.05, 4.69) is 16.8 Å². The second-order valence-corrected chi connectivity index (χ2v) is 8.61. The Morgan fingerprint density at radius 2 is 1.90 bits per heavy atom. The predicted octanol–water partition coefficient (Wildman–Crippen LogP) is 4.82. The van der Waals surface area contributed by atoms with Gasteiger partial charge in [-0.15, -0.1) is 17.3 Å². The number of nitrogens with zero attached hydrogens (tertiary/aromatic N) is 1. The van der Waals surface area contributed by atoms with Crippen molar-refractivity contribution in [3.63, 3.8) is 0 Å². The average Bonchev–Trinajstić information content (AvgIpc) is 3.03. The van der Waals surface area contributed by atoms with Gasteiger partial charge in [0, 0.05) is 25.6 Å². The third-order valence-electron chi connectivity index (χ3n) is 4.46. The summed E-state index contributed by atoms with van der Waals surface area (Å²) in [6.07, 6.45) is 0. The zero-order valence-electron chi connectivity index (χ0n) is 17.0. The molecule has 0 bridgehead atoms.